The van der Waals surface area contributed by atoms with Gasteiger partial charge in [0.1, 0.15) is 6.04 Å². The van der Waals surface area contributed by atoms with E-state index >= 15 is 0 Å². The summed E-state index contributed by atoms with van der Waals surface area (Å²) < 4.78 is 26.4. The Balaban J connectivity index is 1.41. The van der Waals surface area contributed by atoms with Crippen LogP contribution in [0.5, 0.6) is 0 Å². The summed E-state index contributed by atoms with van der Waals surface area (Å²) in [6, 6.07) is 15.3. The molecule has 0 spiro atoms. The van der Waals surface area contributed by atoms with Crippen molar-refractivity contribution < 1.29 is 23.1 Å². The number of carboxylic acids is 1. The van der Waals surface area contributed by atoms with Crippen LogP contribution in [0, 0.1) is 12.8 Å². The van der Waals surface area contributed by atoms with Crippen molar-refractivity contribution in [1.29, 1.82) is 0 Å². The normalized spacial score (nSPS) is 15.7. The van der Waals surface area contributed by atoms with Crippen LogP contribution in [-0.2, 0) is 27.7 Å². The fraction of sp³-hybridized carbons (Fsp3) is 0.406. The number of sulfonamides is 1. The Morgan fingerprint density at radius 2 is 1.79 bits per heavy atom. The minimum absolute atomic E-state index is 0.0879. The number of carbonyl (C=O) groups excluding carboxylic acids is 1. The molecule has 4 rings (SSSR count). The summed E-state index contributed by atoms with van der Waals surface area (Å²) in [6.07, 6.45) is 4.19. The molecule has 1 amide bonds. The van der Waals surface area contributed by atoms with Crippen LogP contribution in [0.3, 0.4) is 0 Å². The Bertz CT molecular complexity index is 1540. The second kappa shape index (κ2) is 13.7. The van der Waals surface area contributed by atoms with Crippen LogP contribution in [0.4, 0.5) is 5.69 Å². The topological polar surface area (TPSA) is 146 Å². The van der Waals surface area contributed by atoms with Gasteiger partial charge in [0.05, 0.1) is 10.6 Å². The summed E-state index contributed by atoms with van der Waals surface area (Å²) in [5.41, 5.74) is 10.5. The predicted octanol–water partition coefficient (Wildman–Crippen LogP) is 3.54. The maximum Gasteiger partial charge on any atom is 0.326 e. The number of nitrogens with two attached hydrogens (primary N) is 1. The summed E-state index contributed by atoms with van der Waals surface area (Å²) >= 11 is 0. The fourth-order valence-electron chi connectivity index (χ4n) is 5.63. The van der Waals surface area contributed by atoms with Crippen LogP contribution in [0.1, 0.15) is 58.5 Å². The molecule has 2 atom stereocenters. The molecule has 1 saturated heterocycles. The number of aliphatic carboxylic acids is 1. The second-order valence-corrected chi connectivity index (χ2v) is 13.4. The van der Waals surface area contributed by atoms with Crippen LogP contribution in [0.25, 0.3) is 0 Å². The summed E-state index contributed by atoms with van der Waals surface area (Å²) in [7, 11) is -0.790. The van der Waals surface area contributed by atoms with Gasteiger partial charge in [-0.2, -0.15) is 0 Å². The van der Waals surface area contributed by atoms with Gasteiger partial charge in [0.15, 0.2) is 0 Å². The number of nitrogens with zero attached hydrogens (tertiary/aromatic N) is 3. The maximum atomic E-state index is 13.3. The van der Waals surface area contributed by atoms with Gasteiger partial charge in [-0.05, 0) is 85.2 Å². The Morgan fingerprint density at radius 3 is 2.35 bits per heavy atom. The maximum absolute atomic E-state index is 13.3. The van der Waals surface area contributed by atoms with E-state index in [0.29, 0.717) is 29.0 Å². The summed E-state index contributed by atoms with van der Waals surface area (Å²) in [5, 5.41) is 12.6. The SMILES string of the molecule is CCc1cc(S(=O)(=O)N(C)C)cc(C)c1C(=O)NC(Cc1ccc(N2CCC(C(N)c3ccccn3)CC2)cc1)C(=O)O. The first kappa shape index (κ1) is 32.1. The molecule has 0 aliphatic carbocycles. The molecule has 4 N–H and O–H groups in total. The van der Waals surface area contributed by atoms with E-state index in [1.165, 1.54) is 26.2 Å². The van der Waals surface area contributed by atoms with Gasteiger partial charge in [-0.1, -0.05) is 25.1 Å². The third-order valence-electron chi connectivity index (χ3n) is 8.20. The van der Waals surface area contributed by atoms with E-state index in [1.54, 1.807) is 13.1 Å². The van der Waals surface area contributed by atoms with E-state index < -0.39 is 27.9 Å². The van der Waals surface area contributed by atoms with Crippen molar-refractivity contribution in [2.24, 2.45) is 11.7 Å². The molecule has 3 aromatic rings. The standard InChI is InChI=1S/C32H41N5O5S/c1-5-23-20-26(43(41,42)36(3)4)18-21(2)29(23)31(38)35-28(32(39)40)19-22-9-11-25(12-10-22)37-16-13-24(14-17-37)30(33)27-8-6-7-15-34-27/h6-12,15,18,20,24,28,30H,5,13-14,16-17,19,33H2,1-4H3,(H,35,38)(H,39,40). The van der Waals surface area contributed by atoms with Gasteiger partial charge < -0.3 is 21.1 Å². The van der Waals surface area contributed by atoms with E-state index in [4.69, 9.17) is 5.73 Å². The van der Waals surface area contributed by atoms with Gasteiger partial charge in [-0.25, -0.2) is 17.5 Å². The van der Waals surface area contributed by atoms with E-state index in [9.17, 15) is 23.1 Å². The smallest absolute Gasteiger partial charge is 0.326 e. The zero-order chi connectivity index (χ0) is 31.3. The number of hydrogen-bond donors (Lipinski definition) is 3. The quantitative estimate of drug-likeness (QED) is 0.300. The highest BCUT2D eigenvalue weighted by Gasteiger charge is 2.28. The number of carbonyl (C=O) groups is 2. The van der Waals surface area contributed by atoms with Gasteiger partial charge >= 0.3 is 5.97 Å². The van der Waals surface area contributed by atoms with Crippen LogP contribution >= 0.6 is 0 Å². The molecule has 0 radical (unpaired) electrons. The molecule has 2 aromatic carbocycles. The van der Waals surface area contributed by atoms with E-state index in [-0.39, 0.29) is 17.4 Å². The highest BCUT2D eigenvalue weighted by atomic mass is 32.2. The third-order valence-corrected chi connectivity index (χ3v) is 9.99. The number of anilines is 1. The molecule has 10 nitrogen and oxygen atoms in total. The van der Waals surface area contributed by atoms with Crippen molar-refractivity contribution in [3.63, 3.8) is 0 Å². The lowest BCUT2D eigenvalue weighted by molar-refractivity contribution is -0.139. The molecule has 1 aromatic heterocycles. The Hall–Kier alpha value is -3.80. The third kappa shape index (κ3) is 7.41. The lowest BCUT2D eigenvalue weighted by atomic mass is 9.87. The summed E-state index contributed by atoms with van der Waals surface area (Å²) in [4.78, 5) is 32.3. The molecular formula is C32H41N5O5S. The monoisotopic (exact) mass is 607 g/mol. The summed E-state index contributed by atoms with van der Waals surface area (Å²) in [5.74, 6) is -1.33. The first-order valence-electron chi connectivity index (χ1n) is 14.5. The van der Waals surface area contributed by atoms with Crippen molar-refractivity contribution in [2.45, 2.75) is 56.5 Å². The Labute approximate surface area is 254 Å². The number of aryl methyl sites for hydroxylation is 2. The van der Waals surface area contributed by atoms with Gasteiger partial charge in [0, 0.05) is 57.1 Å². The van der Waals surface area contributed by atoms with Gasteiger partial charge in [-0.3, -0.25) is 9.78 Å². The lowest BCUT2D eigenvalue weighted by Crippen LogP contribution is -2.43. The molecule has 43 heavy (non-hydrogen) atoms. The molecule has 1 aliphatic heterocycles. The molecule has 1 aliphatic rings. The first-order chi connectivity index (χ1) is 20.4. The zero-order valence-corrected chi connectivity index (χ0v) is 26.0. The Morgan fingerprint density at radius 1 is 1.12 bits per heavy atom. The molecule has 11 heteroatoms. The molecule has 230 valence electrons. The highest BCUT2D eigenvalue weighted by molar-refractivity contribution is 7.89. The zero-order valence-electron chi connectivity index (χ0n) is 25.2. The van der Waals surface area contributed by atoms with Crippen molar-refractivity contribution in [2.75, 3.05) is 32.1 Å². The minimum atomic E-state index is -3.69. The van der Waals surface area contributed by atoms with Gasteiger partial charge in [-0.15, -0.1) is 0 Å². The van der Waals surface area contributed by atoms with Crippen molar-refractivity contribution in [1.82, 2.24) is 14.6 Å². The van der Waals surface area contributed by atoms with Crippen molar-refractivity contribution >= 4 is 27.6 Å². The number of pyridine rings is 1. The molecule has 0 saturated carbocycles. The highest BCUT2D eigenvalue weighted by Crippen LogP contribution is 2.30. The van der Waals surface area contributed by atoms with Crippen LogP contribution in [-0.4, -0.2) is 67.9 Å². The predicted molar refractivity (Wildman–Crippen MR) is 167 cm³/mol. The van der Waals surface area contributed by atoms with Gasteiger partial charge in [0.25, 0.3) is 5.91 Å². The van der Waals surface area contributed by atoms with E-state index in [1.807, 2.05) is 49.4 Å². The number of aromatic nitrogens is 1. The van der Waals surface area contributed by atoms with Crippen LogP contribution in [0.2, 0.25) is 0 Å². The number of amides is 1. The van der Waals surface area contributed by atoms with Crippen LogP contribution in [0.15, 0.2) is 65.7 Å². The molecule has 1 fully saturated rings. The van der Waals surface area contributed by atoms with Crippen molar-refractivity contribution in [3.05, 3.63) is 88.7 Å². The average molecular weight is 608 g/mol. The average Bonchev–Trinajstić information content (AvgIpc) is 3.00. The van der Waals surface area contributed by atoms with Crippen molar-refractivity contribution in [3.8, 4) is 0 Å². The molecule has 2 unspecified atom stereocenters. The molecule has 0 bridgehead atoms. The molecule has 2 heterocycles. The Kier molecular flexibility index (Phi) is 10.2. The number of hydrogen-bond acceptors (Lipinski definition) is 7. The van der Waals surface area contributed by atoms with Crippen LogP contribution < -0.4 is 16.0 Å². The number of piperidine rings is 1. The second-order valence-electron chi connectivity index (χ2n) is 11.3. The number of benzene rings is 2. The van der Waals surface area contributed by atoms with Gasteiger partial charge in [0.2, 0.25) is 10.0 Å². The lowest BCUT2D eigenvalue weighted by Gasteiger charge is -2.36. The first-order valence-corrected chi connectivity index (χ1v) is 16.0. The summed E-state index contributed by atoms with van der Waals surface area (Å²) in [6.45, 7) is 5.22. The number of rotatable bonds is 11. The number of carboxylic acid groups (broad SMARTS) is 1. The largest absolute Gasteiger partial charge is 0.480 e. The fourth-order valence-corrected chi connectivity index (χ4v) is 6.67. The minimum Gasteiger partial charge on any atom is -0.480 e. The van der Waals surface area contributed by atoms with E-state index in [0.717, 1.165) is 47.2 Å². The molecular weight excluding hydrogens is 566 g/mol. The number of nitrogens with one attached hydrogen (secondary N) is 1. The van der Waals surface area contributed by atoms with E-state index in [2.05, 4.69) is 15.2 Å².